The van der Waals surface area contributed by atoms with Crippen molar-refractivity contribution < 1.29 is 19.1 Å². The Morgan fingerprint density at radius 2 is 1.68 bits per heavy atom. The highest BCUT2D eigenvalue weighted by Gasteiger charge is 2.39. The van der Waals surface area contributed by atoms with Gasteiger partial charge in [0.1, 0.15) is 10.7 Å². The fourth-order valence-electron chi connectivity index (χ4n) is 3.41. The highest BCUT2D eigenvalue weighted by atomic mass is 35.5. The van der Waals surface area contributed by atoms with Gasteiger partial charge in [-0.15, -0.1) is 0 Å². The van der Waals surface area contributed by atoms with Crippen LogP contribution in [0.1, 0.15) is 15.9 Å². The Morgan fingerprint density at radius 1 is 1.00 bits per heavy atom. The number of morpholine rings is 1. The van der Waals surface area contributed by atoms with Crippen LogP contribution in [-0.4, -0.2) is 48.9 Å². The standard InChI is InChI=1S/C22H19Cl2N3O4/c1-13-2-3-14(20(28)26-8-10-31-11-9-26)12-17(13)25-19-18(24)21(29)27(22(19)30)16-6-4-15(23)5-7-16/h2-7,12,25H,8-11H2,1H3. The molecule has 0 saturated carbocycles. The maximum Gasteiger partial charge on any atom is 0.283 e. The summed E-state index contributed by atoms with van der Waals surface area (Å²) in [6, 6.07) is 11.5. The van der Waals surface area contributed by atoms with Gasteiger partial charge in [-0.25, -0.2) is 4.90 Å². The highest BCUT2D eigenvalue weighted by molar-refractivity contribution is 6.53. The van der Waals surface area contributed by atoms with Gasteiger partial charge in [0.2, 0.25) is 0 Å². The molecule has 0 atom stereocenters. The van der Waals surface area contributed by atoms with Gasteiger partial charge in [0.05, 0.1) is 18.9 Å². The van der Waals surface area contributed by atoms with Crippen molar-refractivity contribution in [1.29, 1.82) is 0 Å². The SMILES string of the molecule is Cc1ccc(C(=O)N2CCOCC2)cc1NC1=C(Cl)C(=O)N(c2ccc(Cl)cc2)C1=O. The zero-order valence-electron chi connectivity index (χ0n) is 16.7. The van der Waals surface area contributed by atoms with Crippen molar-refractivity contribution in [2.75, 3.05) is 36.5 Å². The first-order valence-electron chi connectivity index (χ1n) is 9.65. The maximum atomic E-state index is 13.0. The molecule has 3 amide bonds. The van der Waals surface area contributed by atoms with E-state index in [-0.39, 0.29) is 16.6 Å². The number of anilines is 2. The number of hydrogen-bond donors (Lipinski definition) is 1. The van der Waals surface area contributed by atoms with Crippen molar-refractivity contribution >= 4 is 52.3 Å². The molecule has 31 heavy (non-hydrogen) atoms. The molecule has 1 fully saturated rings. The van der Waals surface area contributed by atoms with Gasteiger partial charge in [-0.2, -0.15) is 0 Å². The third kappa shape index (κ3) is 4.17. The Labute approximate surface area is 189 Å². The molecule has 7 nitrogen and oxygen atoms in total. The molecule has 2 heterocycles. The van der Waals surface area contributed by atoms with Crippen molar-refractivity contribution in [1.82, 2.24) is 4.90 Å². The van der Waals surface area contributed by atoms with Crippen LogP contribution in [0, 0.1) is 6.92 Å². The number of hydrogen-bond acceptors (Lipinski definition) is 5. The van der Waals surface area contributed by atoms with Crippen molar-refractivity contribution in [2.24, 2.45) is 0 Å². The first kappa shape index (κ1) is 21.4. The van der Waals surface area contributed by atoms with E-state index in [0.717, 1.165) is 10.5 Å². The molecule has 0 aromatic heterocycles. The van der Waals surface area contributed by atoms with E-state index in [1.54, 1.807) is 47.4 Å². The molecule has 1 N–H and O–H groups in total. The fourth-order valence-corrected chi connectivity index (χ4v) is 3.75. The minimum Gasteiger partial charge on any atom is -0.378 e. The molecule has 2 aromatic rings. The minimum absolute atomic E-state index is 0.0410. The molecule has 0 unspecified atom stereocenters. The molecular formula is C22H19Cl2N3O4. The normalized spacial score (nSPS) is 16.9. The average molecular weight is 460 g/mol. The molecule has 2 aromatic carbocycles. The van der Waals surface area contributed by atoms with Gasteiger partial charge in [-0.1, -0.05) is 29.3 Å². The molecule has 160 valence electrons. The zero-order valence-corrected chi connectivity index (χ0v) is 18.2. The van der Waals surface area contributed by atoms with E-state index in [1.807, 2.05) is 6.92 Å². The summed E-state index contributed by atoms with van der Waals surface area (Å²) in [6.45, 7) is 3.88. The van der Waals surface area contributed by atoms with Gasteiger partial charge >= 0.3 is 0 Å². The average Bonchev–Trinajstić information content (AvgIpc) is 2.99. The maximum absolute atomic E-state index is 13.0. The van der Waals surface area contributed by atoms with E-state index in [0.29, 0.717) is 48.3 Å². The van der Waals surface area contributed by atoms with Crippen LogP contribution in [0.2, 0.25) is 5.02 Å². The minimum atomic E-state index is -0.630. The summed E-state index contributed by atoms with van der Waals surface area (Å²) in [7, 11) is 0. The van der Waals surface area contributed by atoms with Crippen molar-refractivity contribution in [2.45, 2.75) is 6.92 Å². The largest absolute Gasteiger partial charge is 0.378 e. The Kier molecular flexibility index (Phi) is 6.00. The van der Waals surface area contributed by atoms with Gasteiger partial charge in [0.25, 0.3) is 17.7 Å². The van der Waals surface area contributed by atoms with Gasteiger partial charge in [-0.05, 0) is 48.9 Å². The van der Waals surface area contributed by atoms with Crippen LogP contribution in [0.3, 0.4) is 0 Å². The molecule has 0 spiro atoms. The Bertz CT molecular complexity index is 1090. The van der Waals surface area contributed by atoms with Crippen molar-refractivity contribution in [3.05, 3.63) is 69.3 Å². The molecule has 0 bridgehead atoms. The molecule has 4 rings (SSSR count). The molecular weight excluding hydrogens is 441 g/mol. The van der Waals surface area contributed by atoms with Crippen LogP contribution in [0.25, 0.3) is 0 Å². The first-order chi connectivity index (χ1) is 14.9. The third-order valence-corrected chi connectivity index (χ3v) is 5.76. The highest BCUT2D eigenvalue weighted by Crippen LogP contribution is 2.31. The lowest BCUT2D eigenvalue weighted by atomic mass is 10.1. The van der Waals surface area contributed by atoms with Crippen molar-refractivity contribution in [3.8, 4) is 0 Å². The van der Waals surface area contributed by atoms with Crippen LogP contribution in [0.4, 0.5) is 11.4 Å². The summed E-state index contributed by atoms with van der Waals surface area (Å²) < 4.78 is 5.30. The number of aryl methyl sites for hydroxylation is 1. The molecule has 0 aliphatic carbocycles. The topological polar surface area (TPSA) is 79.0 Å². The first-order valence-corrected chi connectivity index (χ1v) is 10.4. The summed E-state index contributed by atoms with van der Waals surface area (Å²) in [6.07, 6.45) is 0. The van der Waals surface area contributed by atoms with Crippen LogP contribution in [0.5, 0.6) is 0 Å². The van der Waals surface area contributed by atoms with Gasteiger partial charge < -0.3 is 15.0 Å². The number of imide groups is 1. The number of halogens is 2. The molecule has 2 aliphatic rings. The zero-order chi connectivity index (χ0) is 22.1. The smallest absolute Gasteiger partial charge is 0.283 e. The third-order valence-electron chi connectivity index (χ3n) is 5.15. The number of nitrogens with zero attached hydrogens (tertiary/aromatic N) is 2. The second kappa shape index (κ2) is 8.70. The second-order valence-corrected chi connectivity index (χ2v) is 7.98. The quantitative estimate of drug-likeness (QED) is 0.707. The van der Waals surface area contributed by atoms with E-state index in [1.165, 1.54) is 0 Å². The summed E-state index contributed by atoms with van der Waals surface area (Å²) in [4.78, 5) is 41.1. The van der Waals surface area contributed by atoms with E-state index in [9.17, 15) is 14.4 Å². The van der Waals surface area contributed by atoms with Gasteiger partial charge in [0, 0.05) is 29.4 Å². The number of ether oxygens (including phenoxy) is 1. The summed E-state index contributed by atoms with van der Waals surface area (Å²) in [5, 5.41) is 3.23. The number of carbonyl (C=O) groups is 3. The number of amides is 3. The predicted molar refractivity (Wildman–Crippen MR) is 118 cm³/mol. The van der Waals surface area contributed by atoms with E-state index >= 15 is 0 Å². The van der Waals surface area contributed by atoms with Gasteiger partial charge in [0.15, 0.2) is 0 Å². The van der Waals surface area contributed by atoms with Crippen LogP contribution < -0.4 is 10.2 Å². The van der Waals surface area contributed by atoms with Crippen LogP contribution in [-0.2, 0) is 14.3 Å². The van der Waals surface area contributed by atoms with Gasteiger partial charge in [-0.3, -0.25) is 14.4 Å². The van der Waals surface area contributed by atoms with E-state index in [4.69, 9.17) is 27.9 Å². The lowest BCUT2D eigenvalue weighted by Gasteiger charge is -2.27. The summed E-state index contributed by atoms with van der Waals surface area (Å²) in [5.74, 6) is -1.33. The molecule has 9 heteroatoms. The lowest BCUT2D eigenvalue weighted by Crippen LogP contribution is -2.40. The number of rotatable bonds is 4. The second-order valence-electron chi connectivity index (χ2n) is 7.17. The fraction of sp³-hybridized carbons (Fsp3) is 0.227. The lowest BCUT2D eigenvalue weighted by molar-refractivity contribution is -0.120. The van der Waals surface area contributed by atoms with E-state index in [2.05, 4.69) is 5.32 Å². The Balaban J connectivity index is 1.59. The summed E-state index contributed by atoms with van der Waals surface area (Å²) >= 11 is 12.1. The number of benzene rings is 2. The molecule has 1 saturated heterocycles. The van der Waals surface area contributed by atoms with Crippen LogP contribution >= 0.6 is 23.2 Å². The summed E-state index contributed by atoms with van der Waals surface area (Å²) in [5.41, 5.74) is 2.10. The Hall–Kier alpha value is -2.87. The molecule has 2 aliphatic heterocycles. The predicted octanol–water partition coefficient (Wildman–Crippen LogP) is 3.56. The number of nitrogens with one attached hydrogen (secondary N) is 1. The van der Waals surface area contributed by atoms with Crippen molar-refractivity contribution in [3.63, 3.8) is 0 Å². The van der Waals surface area contributed by atoms with Crippen LogP contribution in [0.15, 0.2) is 53.2 Å². The molecule has 0 radical (unpaired) electrons. The Morgan fingerprint density at radius 3 is 2.35 bits per heavy atom. The van der Waals surface area contributed by atoms with E-state index < -0.39 is 11.8 Å². The number of carbonyl (C=O) groups excluding carboxylic acids is 3. The monoisotopic (exact) mass is 459 g/mol.